The van der Waals surface area contributed by atoms with Crippen LogP contribution < -0.4 is 15.5 Å². The molecule has 1 atom stereocenters. The summed E-state index contributed by atoms with van der Waals surface area (Å²) >= 11 is 0. The zero-order valence-corrected chi connectivity index (χ0v) is 21.5. The number of Topliss-reactive ketones (excluding diaryl/α,β-unsaturated/α-hetero) is 1. The number of rotatable bonds is 7. The van der Waals surface area contributed by atoms with E-state index in [-0.39, 0.29) is 30.5 Å². The van der Waals surface area contributed by atoms with Gasteiger partial charge in [-0.1, -0.05) is 0 Å². The van der Waals surface area contributed by atoms with Gasteiger partial charge in [0.2, 0.25) is 0 Å². The summed E-state index contributed by atoms with van der Waals surface area (Å²) in [5.74, 6) is 0.0181. The van der Waals surface area contributed by atoms with E-state index in [2.05, 4.69) is 21.7 Å². The number of pyridine rings is 1. The molecule has 1 amide bonds. The SMILES string of the molecule is COC1=C(c2cc(F)cc(CNC(=O)c3cc(N4CCC(C#N)(C5CC5)C(=O)C4)cc(C)n3)c2)C=CNC1. The maximum Gasteiger partial charge on any atom is 0.270 e. The van der Waals surface area contributed by atoms with Crippen molar-refractivity contribution in [1.82, 2.24) is 15.6 Å². The van der Waals surface area contributed by atoms with Gasteiger partial charge in [-0.3, -0.25) is 9.59 Å². The highest BCUT2D eigenvalue weighted by molar-refractivity contribution is 5.95. The van der Waals surface area contributed by atoms with Gasteiger partial charge in [-0.2, -0.15) is 5.26 Å². The Morgan fingerprint density at radius 2 is 2.13 bits per heavy atom. The summed E-state index contributed by atoms with van der Waals surface area (Å²) in [5, 5.41) is 15.6. The van der Waals surface area contributed by atoms with Crippen molar-refractivity contribution in [3.05, 3.63) is 76.7 Å². The molecule has 1 aliphatic carbocycles. The molecule has 9 heteroatoms. The fourth-order valence-corrected chi connectivity index (χ4v) is 5.33. The molecule has 196 valence electrons. The Morgan fingerprint density at radius 3 is 2.84 bits per heavy atom. The number of carbonyl (C=O) groups is 2. The summed E-state index contributed by atoms with van der Waals surface area (Å²) in [4.78, 5) is 32.3. The minimum Gasteiger partial charge on any atom is -0.499 e. The molecule has 3 aliphatic rings. The number of nitrogens with one attached hydrogen (secondary N) is 2. The number of dihydropyridines is 1. The van der Waals surface area contributed by atoms with Crippen LogP contribution in [0.25, 0.3) is 5.57 Å². The molecule has 5 rings (SSSR count). The first-order valence-electron chi connectivity index (χ1n) is 12.8. The molecule has 0 spiro atoms. The summed E-state index contributed by atoms with van der Waals surface area (Å²) in [5.41, 5.74) is 2.76. The number of nitrogens with zero attached hydrogens (tertiary/aromatic N) is 3. The van der Waals surface area contributed by atoms with Crippen LogP contribution in [0.2, 0.25) is 0 Å². The number of amides is 1. The molecule has 8 nitrogen and oxygen atoms in total. The lowest BCUT2D eigenvalue weighted by molar-refractivity contribution is -0.127. The van der Waals surface area contributed by atoms with Crippen LogP contribution in [0, 0.1) is 35.4 Å². The molecule has 2 N–H and O–H groups in total. The molecule has 38 heavy (non-hydrogen) atoms. The molecule has 1 unspecified atom stereocenters. The third-order valence-corrected chi connectivity index (χ3v) is 7.52. The van der Waals surface area contributed by atoms with Crippen molar-refractivity contribution in [3.63, 3.8) is 0 Å². The fraction of sp³-hybridized carbons (Fsp3) is 0.379. The zero-order valence-electron chi connectivity index (χ0n) is 21.5. The molecule has 0 radical (unpaired) electrons. The van der Waals surface area contributed by atoms with E-state index in [0.29, 0.717) is 42.1 Å². The van der Waals surface area contributed by atoms with E-state index >= 15 is 0 Å². The van der Waals surface area contributed by atoms with Gasteiger partial charge in [0.15, 0.2) is 5.78 Å². The van der Waals surface area contributed by atoms with Crippen molar-refractivity contribution in [1.29, 1.82) is 5.26 Å². The Morgan fingerprint density at radius 1 is 1.32 bits per heavy atom. The normalized spacial score (nSPS) is 21.1. The first kappa shape index (κ1) is 25.5. The van der Waals surface area contributed by atoms with Gasteiger partial charge < -0.3 is 20.3 Å². The summed E-state index contributed by atoms with van der Waals surface area (Å²) in [6.07, 6.45) is 5.97. The third kappa shape index (κ3) is 4.99. The van der Waals surface area contributed by atoms with Crippen LogP contribution in [0.5, 0.6) is 0 Å². The molecule has 2 aromatic rings. The minimum atomic E-state index is -0.868. The smallest absolute Gasteiger partial charge is 0.270 e. The van der Waals surface area contributed by atoms with Crippen molar-refractivity contribution in [3.8, 4) is 6.07 Å². The van der Waals surface area contributed by atoms with Crippen molar-refractivity contribution in [2.75, 3.05) is 31.6 Å². The summed E-state index contributed by atoms with van der Waals surface area (Å²) in [7, 11) is 1.58. The third-order valence-electron chi connectivity index (χ3n) is 7.52. The Labute approximate surface area is 221 Å². The lowest BCUT2D eigenvalue weighted by Gasteiger charge is -2.37. The largest absolute Gasteiger partial charge is 0.499 e. The number of anilines is 1. The molecular weight excluding hydrogens is 485 g/mol. The number of aryl methyl sites for hydroxylation is 1. The van der Waals surface area contributed by atoms with Gasteiger partial charge in [0.25, 0.3) is 5.91 Å². The van der Waals surface area contributed by atoms with Gasteiger partial charge in [0.05, 0.1) is 26.3 Å². The Balaban J connectivity index is 1.30. The number of ketones is 1. The van der Waals surface area contributed by atoms with Gasteiger partial charge in [0, 0.05) is 30.0 Å². The molecule has 0 bridgehead atoms. The van der Waals surface area contributed by atoms with Gasteiger partial charge in [0.1, 0.15) is 22.7 Å². The molecule has 1 saturated carbocycles. The standard InChI is InChI=1S/C29H30FN5O3/c1-18-9-23(35-8-6-29(17-31,21-3-4-21)27(36)16-35)13-25(34-18)28(37)33-14-19-10-20(12-22(30)11-19)24-5-7-32-15-26(24)38-2/h5,7,9-13,21,32H,3-4,6,8,14-16H2,1-2H3,(H,33,37). The van der Waals surface area contributed by atoms with Gasteiger partial charge in [-0.15, -0.1) is 0 Å². The van der Waals surface area contributed by atoms with E-state index < -0.39 is 17.1 Å². The molecule has 2 fully saturated rings. The van der Waals surface area contributed by atoms with E-state index in [1.807, 2.05) is 23.1 Å². The van der Waals surface area contributed by atoms with Gasteiger partial charge in [-0.05, 0) is 85.8 Å². The maximum atomic E-state index is 14.5. The lowest BCUT2D eigenvalue weighted by Crippen LogP contribution is -2.48. The first-order valence-corrected chi connectivity index (χ1v) is 12.8. The van der Waals surface area contributed by atoms with E-state index in [9.17, 15) is 19.2 Å². The quantitative estimate of drug-likeness (QED) is 0.580. The number of piperidine rings is 1. The Kier molecular flexibility index (Phi) is 6.89. The number of halogens is 1. The molecule has 2 aliphatic heterocycles. The number of carbonyl (C=O) groups excluding carboxylic acids is 2. The first-order chi connectivity index (χ1) is 18.3. The van der Waals surface area contributed by atoms with E-state index in [1.165, 1.54) is 12.1 Å². The van der Waals surface area contributed by atoms with Gasteiger partial charge in [-0.25, -0.2) is 9.37 Å². The van der Waals surface area contributed by atoms with Crippen LogP contribution in [-0.2, 0) is 16.1 Å². The number of nitriles is 1. The number of aromatic nitrogens is 1. The van der Waals surface area contributed by atoms with E-state index in [4.69, 9.17) is 4.74 Å². The van der Waals surface area contributed by atoms with Crippen molar-refractivity contribution in [2.24, 2.45) is 11.3 Å². The van der Waals surface area contributed by atoms with Crippen molar-refractivity contribution in [2.45, 2.75) is 32.7 Å². The highest BCUT2D eigenvalue weighted by Crippen LogP contribution is 2.50. The zero-order chi connectivity index (χ0) is 26.9. The molecule has 1 aromatic carbocycles. The summed E-state index contributed by atoms with van der Waals surface area (Å²) in [6, 6.07) is 10.5. The predicted molar refractivity (Wildman–Crippen MR) is 140 cm³/mol. The number of hydrogen-bond acceptors (Lipinski definition) is 7. The summed E-state index contributed by atoms with van der Waals surface area (Å²) in [6.45, 7) is 3.12. The van der Waals surface area contributed by atoms with Crippen LogP contribution in [-0.4, -0.2) is 43.4 Å². The number of benzene rings is 1. The predicted octanol–water partition coefficient (Wildman–Crippen LogP) is 3.63. The van der Waals surface area contributed by atoms with Crippen LogP contribution in [0.1, 0.15) is 46.6 Å². The monoisotopic (exact) mass is 515 g/mol. The maximum absolute atomic E-state index is 14.5. The van der Waals surface area contributed by atoms with E-state index in [1.54, 1.807) is 26.3 Å². The fourth-order valence-electron chi connectivity index (χ4n) is 5.33. The van der Waals surface area contributed by atoms with Crippen LogP contribution in [0.3, 0.4) is 0 Å². The topological polar surface area (TPSA) is 107 Å². The number of hydrogen-bond donors (Lipinski definition) is 2. The highest BCUT2D eigenvalue weighted by atomic mass is 19.1. The van der Waals surface area contributed by atoms with Crippen molar-refractivity contribution < 1.29 is 18.7 Å². The molecule has 3 heterocycles. The molecule has 1 saturated heterocycles. The number of ether oxygens (including phenoxy) is 1. The Bertz CT molecular complexity index is 1390. The Hall–Kier alpha value is -4.19. The lowest BCUT2D eigenvalue weighted by atomic mass is 9.74. The summed E-state index contributed by atoms with van der Waals surface area (Å²) < 4.78 is 19.9. The van der Waals surface area contributed by atoms with E-state index in [0.717, 1.165) is 24.1 Å². The van der Waals surface area contributed by atoms with Gasteiger partial charge >= 0.3 is 0 Å². The molecule has 1 aromatic heterocycles. The second-order valence-electron chi connectivity index (χ2n) is 10.1. The highest BCUT2D eigenvalue weighted by Gasteiger charge is 2.53. The minimum absolute atomic E-state index is 0.0496. The number of allylic oxidation sites excluding steroid dienone is 2. The average Bonchev–Trinajstić information content (AvgIpc) is 3.77. The van der Waals surface area contributed by atoms with Crippen molar-refractivity contribution >= 4 is 23.0 Å². The second kappa shape index (κ2) is 10.3. The molecular formula is C29H30FN5O3. The second-order valence-corrected chi connectivity index (χ2v) is 10.1. The van der Waals surface area contributed by atoms with Crippen LogP contribution in [0.4, 0.5) is 10.1 Å². The van der Waals surface area contributed by atoms with Crippen LogP contribution >= 0.6 is 0 Å². The number of methoxy groups -OCH3 is 1. The average molecular weight is 516 g/mol. The van der Waals surface area contributed by atoms with Crippen LogP contribution in [0.15, 0.2) is 48.4 Å².